The molecule has 1 fully saturated rings. The lowest BCUT2D eigenvalue weighted by Crippen LogP contribution is -2.26. The highest BCUT2D eigenvalue weighted by molar-refractivity contribution is 7.98. The van der Waals surface area contributed by atoms with Gasteiger partial charge in [-0.15, -0.1) is 0 Å². The molecule has 0 spiro atoms. The first-order chi connectivity index (χ1) is 7.79. The lowest BCUT2D eigenvalue weighted by Gasteiger charge is -2.23. The van der Waals surface area contributed by atoms with Gasteiger partial charge in [0, 0.05) is 12.0 Å². The molecule has 1 heterocycles. The summed E-state index contributed by atoms with van der Waals surface area (Å²) < 4.78 is 5.32. The van der Waals surface area contributed by atoms with Crippen LogP contribution in [0.1, 0.15) is 50.2 Å². The maximum atomic E-state index is 5.96. The van der Waals surface area contributed by atoms with Crippen molar-refractivity contribution in [2.75, 3.05) is 5.75 Å². The van der Waals surface area contributed by atoms with Crippen LogP contribution < -0.4 is 5.73 Å². The van der Waals surface area contributed by atoms with Gasteiger partial charge in [0.1, 0.15) is 0 Å². The molecule has 0 saturated heterocycles. The molecule has 1 aromatic rings. The molecule has 0 amide bonds. The van der Waals surface area contributed by atoms with E-state index in [2.05, 4.69) is 17.1 Å². The highest BCUT2D eigenvalue weighted by atomic mass is 32.2. The van der Waals surface area contributed by atoms with Crippen LogP contribution in [0, 0.1) is 0 Å². The largest absolute Gasteiger partial charge is 0.339 e. The quantitative estimate of drug-likeness (QED) is 0.876. The predicted octanol–water partition coefficient (Wildman–Crippen LogP) is 2.31. The van der Waals surface area contributed by atoms with E-state index in [1.807, 2.05) is 11.8 Å². The molecule has 2 rings (SSSR count). The standard InChI is InChI=1S/C11H19N3OS/c1-2-16-7-10-13-11(15-14-10)8-4-3-5-9(12)6-8/h8-9H,2-7,12H2,1H3. The molecular weight excluding hydrogens is 222 g/mol. The Hall–Kier alpha value is -0.550. The Kier molecular flexibility index (Phi) is 4.23. The van der Waals surface area contributed by atoms with Crippen LogP contribution in [0.15, 0.2) is 4.52 Å². The van der Waals surface area contributed by atoms with E-state index in [1.54, 1.807) is 0 Å². The minimum atomic E-state index is 0.305. The summed E-state index contributed by atoms with van der Waals surface area (Å²) in [7, 11) is 0. The van der Waals surface area contributed by atoms with Gasteiger partial charge in [-0.25, -0.2) is 0 Å². The Balaban J connectivity index is 1.95. The Bertz CT molecular complexity index is 329. The van der Waals surface area contributed by atoms with Crippen molar-refractivity contribution in [1.29, 1.82) is 0 Å². The average Bonchev–Trinajstić information content (AvgIpc) is 2.75. The second-order valence-corrected chi connectivity index (χ2v) is 5.58. The summed E-state index contributed by atoms with van der Waals surface area (Å²) in [5, 5.41) is 4.01. The van der Waals surface area contributed by atoms with E-state index in [1.165, 1.54) is 6.42 Å². The first kappa shape index (κ1) is 11.9. The molecule has 2 N–H and O–H groups in total. The van der Waals surface area contributed by atoms with Crippen LogP contribution in [0.2, 0.25) is 0 Å². The number of aromatic nitrogens is 2. The molecule has 1 aliphatic carbocycles. The fraction of sp³-hybridized carbons (Fsp3) is 0.818. The van der Waals surface area contributed by atoms with Gasteiger partial charge < -0.3 is 10.3 Å². The van der Waals surface area contributed by atoms with Crippen LogP contribution in [0.5, 0.6) is 0 Å². The zero-order chi connectivity index (χ0) is 11.4. The van der Waals surface area contributed by atoms with Crippen molar-refractivity contribution < 1.29 is 4.52 Å². The highest BCUT2D eigenvalue weighted by Crippen LogP contribution is 2.31. The number of nitrogens with two attached hydrogens (primary N) is 1. The van der Waals surface area contributed by atoms with Crippen LogP contribution in [0.4, 0.5) is 0 Å². The summed E-state index contributed by atoms with van der Waals surface area (Å²) in [5.74, 6) is 3.93. The lowest BCUT2D eigenvalue weighted by atomic mass is 9.86. The van der Waals surface area contributed by atoms with Gasteiger partial charge in [0.15, 0.2) is 5.82 Å². The van der Waals surface area contributed by atoms with E-state index in [0.717, 1.165) is 42.5 Å². The SMILES string of the molecule is CCSCc1noc(C2CCCC(N)C2)n1. The Morgan fingerprint density at radius 1 is 1.50 bits per heavy atom. The van der Waals surface area contributed by atoms with Crippen LogP contribution in [-0.2, 0) is 5.75 Å². The summed E-state index contributed by atoms with van der Waals surface area (Å²) >= 11 is 1.81. The zero-order valence-corrected chi connectivity index (χ0v) is 10.5. The minimum Gasteiger partial charge on any atom is -0.339 e. The molecule has 0 radical (unpaired) electrons. The predicted molar refractivity (Wildman–Crippen MR) is 65.3 cm³/mol. The molecule has 0 aromatic carbocycles. The van der Waals surface area contributed by atoms with Gasteiger partial charge in [0.25, 0.3) is 0 Å². The van der Waals surface area contributed by atoms with Crippen molar-refractivity contribution in [1.82, 2.24) is 10.1 Å². The lowest BCUT2D eigenvalue weighted by molar-refractivity contribution is 0.297. The summed E-state index contributed by atoms with van der Waals surface area (Å²) in [6.07, 6.45) is 4.43. The molecule has 90 valence electrons. The fourth-order valence-corrected chi connectivity index (χ4v) is 2.64. The summed E-state index contributed by atoms with van der Waals surface area (Å²) in [4.78, 5) is 4.45. The first-order valence-electron chi connectivity index (χ1n) is 5.95. The Morgan fingerprint density at radius 3 is 3.12 bits per heavy atom. The van der Waals surface area contributed by atoms with E-state index < -0.39 is 0 Å². The molecule has 2 atom stereocenters. The van der Waals surface area contributed by atoms with Gasteiger partial charge >= 0.3 is 0 Å². The molecule has 5 heteroatoms. The molecule has 1 aliphatic rings. The van der Waals surface area contributed by atoms with E-state index in [9.17, 15) is 0 Å². The molecule has 0 aliphatic heterocycles. The van der Waals surface area contributed by atoms with Crippen molar-refractivity contribution in [3.8, 4) is 0 Å². The number of thioether (sulfide) groups is 1. The Labute approximate surface area is 100 Å². The van der Waals surface area contributed by atoms with Crippen LogP contribution >= 0.6 is 11.8 Å². The highest BCUT2D eigenvalue weighted by Gasteiger charge is 2.25. The van der Waals surface area contributed by atoms with Crippen LogP contribution in [-0.4, -0.2) is 21.9 Å². The normalized spacial score (nSPS) is 25.9. The van der Waals surface area contributed by atoms with E-state index in [4.69, 9.17) is 10.3 Å². The molecule has 16 heavy (non-hydrogen) atoms. The van der Waals surface area contributed by atoms with Crippen molar-refractivity contribution >= 4 is 11.8 Å². The molecule has 2 unspecified atom stereocenters. The monoisotopic (exact) mass is 241 g/mol. The molecule has 1 saturated carbocycles. The van der Waals surface area contributed by atoms with Crippen LogP contribution in [0.3, 0.4) is 0 Å². The minimum absolute atomic E-state index is 0.305. The van der Waals surface area contributed by atoms with E-state index in [-0.39, 0.29) is 0 Å². The van der Waals surface area contributed by atoms with Gasteiger partial charge in [-0.2, -0.15) is 16.7 Å². The van der Waals surface area contributed by atoms with Gasteiger partial charge in [-0.1, -0.05) is 18.5 Å². The van der Waals surface area contributed by atoms with Crippen molar-refractivity contribution in [3.63, 3.8) is 0 Å². The third kappa shape index (κ3) is 2.98. The maximum absolute atomic E-state index is 5.96. The maximum Gasteiger partial charge on any atom is 0.229 e. The average molecular weight is 241 g/mol. The second-order valence-electron chi connectivity index (χ2n) is 4.31. The molecule has 0 bridgehead atoms. The summed E-state index contributed by atoms with van der Waals surface area (Å²) in [5.41, 5.74) is 5.96. The van der Waals surface area contributed by atoms with Crippen molar-refractivity contribution in [3.05, 3.63) is 11.7 Å². The topological polar surface area (TPSA) is 64.9 Å². The molecule has 4 nitrogen and oxygen atoms in total. The molecule has 1 aromatic heterocycles. The van der Waals surface area contributed by atoms with Crippen LogP contribution in [0.25, 0.3) is 0 Å². The molecular formula is C11H19N3OS. The number of hydrogen-bond acceptors (Lipinski definition) is 5. The van der Waals surface area contributed by atoms with Gasteiger partial charge in [0.2, 0.25) is 5.89 Å². The van der Waals surface area contributed by atoms with Crippen molar-refractivity contribution in [2.24, 2.45) is 5.73 Å². The van der Waals surface area contributed by atoms with E-state index >= 15 is 0 Å². The summed E-state index contributed by atoms with van der Waals surface area (Å²) in [6, 6.07) is 0.305. The first-order valence-corrected chi connectivity index (χ1v) is 7.11. The Morgan fingerprint density at radius 2 is 2.38 bits per heavy atom. The van der Waals surface area contributed by atoms with Gasteiger partial charge in [0.05, 0.1) is 5.75 Å². The summed E-state index contributed by atoms with van der Waals surface area (Å²) in [6.45, 7) is 2.13. The third-order valence-electron chi connectivity index (χ3n) is 2.98. The second kappa shape index (κ2) is 5.68. The van der Waals surface area contributed by atoms with Gasteiger partial charge in [-0.3, -0.25) is 0 Å². The third-order valence-corrected chi connectivity index (χ3v) is 3.85. The van der Waals surface area contributed by atoms with Crippen molar-refractivity contribution in [2.45, 2.75) is 50.3 Å². The van der Waals surface area contributed by atoms with Gasteiger partial charge in [-0.05, 0) is 25.0 Å². The number of nitrogens with zero attached hydrogens (tertiary/aromatic N) is 2. The fourth-order valence-electron chi connectivity index (χ4n) is 2.14. The zero-order valence-electron chi connectivity index (χ0n) is 9.69. The number of rotatable bonds is 4. The number of hydrogen-bond donors (Lipinski definition) is 1. The van der Waals surface area contributed by atoms with E-state index in [0.29, 0.717) is 12.0 Å². The smallest absolute Gasteiger partial charge is 0.229 e.